The fourth-order valence-corrected chi connectivity index (χ4v) is 2.48. The van der Waals surface area contributed by atoms with E-state index in [1.165, 1.54) is 6.07 Å². The number of rotatable bonds is 4. The van der Waals surface area contributed by atoms with Gasteiger partial charge in [-0.25, -0.2) is 4.39 Å². The van der Waals surface area contributed by atoms with E-state index in [0.29, 0.717) is 17.0 Å². The predicted octanol–water partition coefficient (Wildman–Crippen LogP) is 2.94. The Morgan fingerprint density at radius 3 is 2.94 bits per heavy atom. The SMILES string of the molecule is NNC(CC1CCCCO1)c1ccc(Cl)cc1F. The molecule has 1 heterocycles. The number of hydrogen-bond donors (Lipinski definition) is 2. The van der Waals surface area contributed by atoms with Crippen molar-refractivity contribution < 1.29 is 9.13 Å². The van der Waals surface area contributed by atoms with Gasteiger partial charge < -0.3 is 4.74 Å². The average Bonchev–Trinajstić information content (AvgIpc) is 2.38. The van der Waals surface area contributed by atoms with Gasteiger partial charge in [-0.1, -0.05) is 17.7 Å². The third-order valence-corrected chi connectivity index (χ3v) is 3.55. The molecule has 5 heteroatoms. The van der Waals surface area contributed by atoms with Crippen molar-refractivity contribution in [1.82, 2.24) is 5.43 Å². The summed E-state index contributed by atoms with van der Waals surface area (Å²) in [4.78, 5) is 0. The van der Waals surface area contributed by atoms with Crippen molar-refractivity contribution in [3.05, 3.63) is 34.6 Å². The molecule has 1 aromatic rings. The first-order valence-electron chi connectivity index (χ1n) is 6.23. The molecule has 2 unspecified atom stereocenters. The molecule has 3 nitrogen and oxygen atoms in total. The quantitative estimate of drug-likeness (QED) is 0.654. The lowest BCUT2D eigenvalue weighted by atomic mass is 9.97. The zero-order valence-corrected chi connectivity index (χ0v) is 10.9. The Labute approximate surface area is 111 Å². The summed E-state index contributed by atoms with van der Waals surface area (Å²) < 4.78 is 19.5. The van der Waals surface area contributed by atoms with Crippen LogP contribution in [-0.2, 0) is 4.74 Å². The predicted molar refractivity (Wildman–Crippen MR) is 69.7 cm³/mol. The maximum Gasteiger partial charge on any atom is 0.129 e. The number of hydrazine groups is 1. The molecule has 100 valence electrons. The molecule has 2 atom stereocenters. The summed E-state index contributed by atoms with van der Waals surface area (Å²) in [6.07, 6.45) is 4.09. The average molecular weight is 273 g/mol. The van der Waals surface area contributed by atoms with Crippen LogP contribution in [0.4, 0.5) is 4.39 Å². The van der Waals surface area contributed by atoms with E-state index >= 15 is 0 Å². The molecule has 0 radical (unpaired) electrons. The van der Waals surface area contributed by atoms with Gasteiger partial charge in [-0.3, -0.25) is 11.3 Å². The van der Waals surface area contributed by atoms with E-state index < -0.39 is 0 Å². The number of hydrogen-bond acceptors (Lipinski definition) is 3. The minimum Gasteiger partial charge on any atom is -0.378 e. The van der Waals surface area contributed by atoms with Crippen LogP contribution in [0.1, 0.15) is 37.3 Å². The largest absolute Gasteiger partial charge is 0.378 e. The number of ether oxygens (including phenoxy) is 1. The minimum absolute atomic E-state index is 0.148. The van der Waals surface area contributed by atoms with Crippen molar-refractivity contribution in [1.29, 1.82) is 0 Å². The topological polar surface area (TPSA) is 47.3 Å². The van der Waals surface area contributed by atoms with E-state index in [0.717, 1.165) is 25.9 Å². The van der Waals surface area contributed by atoms with Gasteiger partial charge in [0.2, 0.25) is 0 Å². The number of benzene rings is 1. The molecular weight excluding hydrogens is 255 g/mol. The third kappa shape index (κ3) is 3.42. The van der Waals surface area contributed by atoms with Crippen LogP contribution in [0.25, 0.3) is 0 Å². The molecule has 1 aromatic carbocycles. The summed E-state index contributed by atoms with van der Waals surface area (Å²) in [5.41, 5.74) is 3.20. The van der Waals surface area contributed by atoms with E-state index in [4.69, 9.17) is 22.2 Å². The molecule has 2 rings (SSSR count). The Hall–Kier alpha value is -0.680. The smallest absolute Gasteiger partial charge is 0.129 e. The lowest BCUT2D eigenvalue weighted by Gasteiger charge is -2.27. The van der Waals surface area contributed by atoms with Gasteiger partial charge in [-0.05, 0) is 37.8 Å². The summed E-state index contributed by atoms with van der Waals surface area (Å²) in [7, 11) is 0. The molecule has 1 saturated heterocycles. The summed E-state index contributed by atoms with van der Waals surface area (Å²) in [5.74, 6) is 5.19. The molecule has 0 spiro atoms. The molecule has 1 aliphatic heterocycles. The van der Waals surface area contributed by atoms with Crippen LogP contribution in [0.15, 0.2) is 18.2 Å². The van der Waals surface area contributed by atoms with E-state index in [1.807, 2.05) is 0 Å². The van der Waals surface area contributed by atoms with Crippen molar-refractivity contribution in [3.63, 3.8) is 0 Å². The molecule has 1 fully saturated rings. The zero-order valence-electron chi connectivity index (χ0n) is 10.2. The van der Waals surface area contributed by atoms with Crippen molar-refractivity contribution in [2.75, 3.05) is 6.61 Å². The van der Waals surface area contributed by atoms with E-state index in [-0.39, 0.29) is 18.0 Å². The fraction of sp³-hybridized carbons (Fsp3) is 0.538. The number of halogens is 2. The van der Waals surface area contributed by atoms with Gasteiger partial charge in [0.1, 0.15) is 5.82 Å². The molecule has 0 aliphatic carbocycles. The maximum absolute atomic E-state index is 13.8. The fourth-order valence-electron chi connectivity index (χ4n) is 2.33. The lowest BCUT2D eigenvalue weighted by Crippen LogP contribution is -2.33. The van der Waals surface area contributed by atoms with Gasteiger partial charge in [-0.2, -0.15) is 0 Å². The normalized spacial score (nSPS) is 21.8. The molecule has 0 saturated carbocycles. The van der Waals surface area contributed by atoms with Crippen LogP contribution in [0.5, 0.6) is 0 Å². The van der Waals surface area contributed by atoms with Crippen molar-refractivity contribution in [3.8, 4) is 0 Å². The highest BCUT2D eigenvalue weighted by atomic mass is 35.5. The monoisotopic (exact) mass is 272 g/mol. The minimum atomic E-state index is -0.332. The van der Waals surface area contributed by atoms with Gasteiger partial charge in [0.15, 0.2) is 0 Å². The van der Waals surface area contributed by atoms with Gasteiger partial charge in [-0.15, -0.1) is 0 Å². The van der Waals surface area contributed by atoms with Gasteiger partial charge in [0.05, 0.1) is 12.1 Å². The Bertz CT molecular complexity index is 397. The van der Waals surface area contributed by atoms with Gasteiger partial charge >= 0.3 is 0 Å². The highest BCUT2D eigenvalue weighted by Gasteiger charge is 2.22. The third-order valence-electron chi connectivity index (χ3n) is 3.31. The number of nitrogens with two attached hydrogens (primary N) is 1. The van der Waals surface area contributed by atoms with Gasteiger partial charge in [0.25, 0.3) is 0 Å². The highest BCUT2D eigenvalue weighted by Crippen LogP contribution is 2.27. The standard InChI is InChI=1S/C13H18ClFN2O/c14-9-4-5-11(12(15)7-9)13(17-16)8-10-3-1-2-6-18-10/h4-5,7,10,13,17H,1-3,6,8,16H2. The van der Waals surface area contributed by atoms with E-state index in [1.54, 1.807) is 12.1 Å². The van der Waals surface area contributed by atoms with Gasteiger partial charge in [0, 0.05) is 17.2 Å². The van der Waals surface area contributed by atoms with Crippen LogP contribution in [0.3, 0.4) is 0 Å². The van der Waals surface area contributed by atoms with E-state index in [2.05, 4.69) is 5.43 Å². The summed E-state index contributed by atoms with van der Waals surface area (Å²) in [6, 6.07) is 4.41. The Kier molecular flexibility index (Phi) is 4.95. The summed E-state index contributed by atoms with van der Waals surface area (Å²) in [5, 5.41) is 0.390. The highest BCUT2D eigenvalue weighted by molar-refractivity contribution is 6.30. The molecular formula is C13H18ClFN2O. The van der Waals surface area contributed by atoms with Crippen LogP contribution in [0, 0.1) is 5.82 Å². The van der Waals surface area contributed by atoms with Crippen molar-refractivity contribution >= 4 is 11.6 Å². The van der Waals surface area contributed by atoms with E-state index in [9.17, 15) is 4.39 Å². The van der Waals surface area contributed by atoms with Crippen molar-refractivity contribution in [2.24, 2.45) is 5.84 Å². The molecule has 3 N–H and O–H groups in total. The van der Waals surface area contributed by atoms with Crippen LogP contribution >= 0.6 is 11.6 Å². The first-order valence-corrected chi connectivity index (χ1v) is 6.61. The summed E-state index contributed by atoms with van der Waals surface area (Å²) >= 11 is 5.74. The molecule has 18 heavy (non-hydrogen) atoms. The first kappa shape index (κ1) is 13.7. The molecule has 0 bridgehead atoms. The molecule has 0 aromatic heterocycles. The maximum atomic E-state index is 13.8. The zero-order chi connectivity index (χ0) is 13.0. The molecule has 0 amide bonds. The Morgan fingerprint density at radius 1 is 1.50 bits per heavy atom. The van der Waals surface area contributed by atoms with Crippen LogP contribution < -0.4 is 11.3 Å². The molecule has 1 aliphatic rings. The second-order valence-corrected chi connectivity index (χ2v) is 5.05. The second kappa shape index (κ2) is 6.48. The first-order chi connectivity index (χ1) is 8.70. The number of nitrogens with one attached hydrogen (secondary N) is 1. The Balaban J connectivity index is 2.07. The Morgan fingerprint density at radius 2 is 2.33 bits per heavy atom. The van der Waals surface area contributed by atoms with Crippen LogP contribution in [0.2, 0.25) is 5.02 Å². The van der Waals surface area contributed by atoms with Crippen molar-refractivity contribution in [2.45, 2.75) is 37.8 Å². The van der Waals surface area contributed by atoms with Crippen LogP contribution in [-0.4, -0.2) is 12.7 Å². The summed E-state index contributed by atoms with van der Waals surface area (Å²) in [6.45, 7) is 0.783. The lowest BCUT2D eigenvalue weighted by molar-refractivity contribution is 0.00483. The second-order valence-electron chi connectivity index (χ2n) is 4.61.